The van der Waals surface area contributed by atoms with Crippen LogP contribution in [0.15, 0.2) is 48.8 Å². The van der Waals surface area contributed by atoms with Crippen molar-refractivity contribution in [1.82, 2.24) is 9.78 Å². The average molecular weight is 498 g/mol. The van der Waals surface area contributed by atoms with E-state index in [-0.39, 0.29) is 23.1 Å². The van der Waals surface area contributed by atoms with Crippen LogP contribution in [0.3, 0.4) is 0 Å². The molecular weight excluding hydrogens is 470 g/mol. The van der Waals surface area contributed by atoms with E-state index >= 15 is 0 Å². The quantitative estimate of drug-likeness (QED) is 0.452. The number of aryl methyl sites for hydroxylation is 2. The monoisotopic (exact) mass is 497 g/mol. The van der Waals surface area contributed by atoms with Crippen molar-refractivity contribution in [2.24, 2.45) is 13.0 Å². The van der Waals surface area contributed by atoms with Crippen molar-refractivity contribution in [3.8, 4) is 6.07 Å². The van der Waals surface area contributed by atoms with Gasteiger partial charge in [0.25, 0.3) is 5.91 Å². The van der Waals surface area contributed by atoms with Crippen molar-refractivity contribution in [2.75, 3.05) is 10.6 Å². The minimum atomic E-state index is -0.979. The molecule has 0 saturated heterocycles. The number of hydrogen-bond donors (Lipinski definition) is 3. The highest BCUT2D eigenvalue weighted by atomic mass is 16.4. The largest absolute Gasteiger partial charge is 0.481 e. The number of nitrogens with one attached hydrogen (secondary N) is 2. The highest BCUT2D eigenvalue weighted by Crippen LogP contribution is 2.62. The molecule has 3 aromatic rings. The van der Waals surface area contributed by atoms with Gasteiger partial charge in [-0.15, -0.1) is 0 Å². The van der Waals surface area contributed by atoms with Gasteiger partial charge in [0.2, 0.25) is 5.91 Å². The number of carbonyl (C=O) groups excluding carboxylic acids is 2. The van der Waals surface area contributed by atoms with Crippen molar-refractivity contribution in [3.05, 3.63) is 76.6 Å². The Labute approximate surface area is 214 Å². The highest BCUT2D eigenvalue weighted by Gasteiger charge is 2.61. The summed E-state index contributed by atoms with van der Waals surface area (Å²) < 4.78 is 1.61. The van der Waals surface area contributed by atoms with E-state index in [4.69, 9.17) is 0 Å². The van der Waals surface area contributed by atoms with Crippen LogP contribution in [-0.4, -0.2) is 32.7 Å². The number of anilines is 2. The predicted molar refractivity (Wildman–Crippen MR) is 136 cm³/mol. The first kappa shape index (κ1) is 24.3. The first-order chi connectivity index (χ1) is 17.8. The molecule has 0 radical (unpaired) electrons. The Hall–Kier alpha value is -4.45. The highest BCUT2D eigenvalue weighted by molar-refractivity contribution is 6.04. The maximum Gasteiger partial charge on any atom is 0.311 e. The fourth-order valence-corrected chi connectivity index (χ4v) is 5.59. The maximum atomic E-state index is 13.4. The van der Waals surface area contributed by atoms with E-state index in [9.17, 15) is 24.8 Å². The zero-order valence-corrected chi connectivity index (χ0v) is 20.6. The van der Waals surface area contributed by atoms with E-state index in [1.54, 1.807) is 49.2 Å². The van der Waals surface area contributed by atoms with E-state index in [1.807, 2.05) is 12.1 Å². The van der Waals surface area contributed by atoms with Gasteiger partial charge >= 0.3 is 5.97 Å². The van der Waals surface area contributed by atoms with Gasteiger partial charge in [0.15, 0.2) is 0 Å². The van der Waals surface area contributed by atoms with Crippen molar-refractivity contribution < 1.29 is 19.5 Å². The molecule has 37 heavy (non-hydrogen) atoms. The van der Waals surface area contributed by atoms with E-state index < -0.39 is 11.9 Å². The van der Waals surface area contributed by atoms with Crippen LogP contribution >= 0.6 is 0 Å². The number of carbonyl (C=O) groups is 3. The Morgan fingerprint density at radius 1 is 1.24 bits per heavy atom. The summed E-state index contributed by atoms with van der Waals surface area (Å²) in [6, 6.07) is 12.4. The first-order valence-corrected chi connectivity index (χ1v) is 12.3. The van der Waals surface area contributed by atoms with Crippen molar-refractivity contribution >= 4 is 29.2 Å². The summed E-state index contributed by atoms with van der Waals surface area (Å²) in [5.41, 5.74) is 4.14. The molecule has 1 heterocycles. The molecule has 188 valence electrons. The zero-order chi connectivity index (χ0) is 26.3. The molecule has 1 aromatic heterocycles. The van der Waals surface area contributed by atoms with Crippen LogP contribution in [0.2, 0.25) is 0 Å². The molecular formula is C28H27N5O4. The van der Waals surface area contributed by atoms with Crippen molar-refractivity contribution in [3.63, 3.8) is 0 Å². The summed E-state index contributed by atoms with van der Waals surface area (Å²) in [5, 5.41) is 28.8. The molecule has 9 nitrogen and oxygen atoms in total. The number of nitrogens with zero attached hydrogens (tertiary/aromatic N) is 3. The van der Waals surface area contributed by atoms with E-state index in [2.05, 4.69) is 21.8 Å². The van der Waals surface area contributed by atoms with Gasteiger partial charge < -0.3 is 15.7 Å². The minimum Gasteiger partial charge on any atom is -0.481 e. The van der Waals surface area contributed by atoms with Gasteiger partial charge in [-0.25, -0.2) is 0 Å². The molecule has 1 unspecified atom stereocenters. The predicted octanol–water partition coefficient (Wildman–Crippen LogP) is 3.96. The van der Waals surface area contributed by atoms with Gasteiger partial charge in [-0.05, 0) is 66.6 Å². The molecule has 3 atom stereocenters. The van der Waals surface area contributed by atoms with Crippen LogP contribution in [0, 0.1) is 17.2 Å². The molecule has 0 bridgehead atoms. The molecule has 0 aliphatic heterocycles. The van der Waals surface area contributed by atoms with Crippen LogP contribution in [0.4, 0.5) is 11.4 Å². The number of rotatable bonds is 7. The Morgan fingerprint density at radius 2 is 2.05 bits per heavy atom. The lowest BCUT2D eigenvalue weighted by molar-refractivity contribution is -0.138. The Balaban J connectivity index is 1.38. The van der Waals surface area contributed by atoms with Gasteiger partial charge in [0.05, 0.1) is 29.4 Å². The summed E-state index contributed by atoms with van der Waals surface area (Å²) in [7, 11) is 1.77. The van der Waals surface area contributed by atoms with Crippen LogP contribution in [-0.2, 0) is 28.5 Å². The standard InChI is InChI=1S/C28H27N5O4/c1-3-20(27(36)37)21-7-4-16(13-29)10-24(21)32-26(35)23-12-28(23)9-8-17-5-6-18(11-22(17)28)25(34)31-19-14-30-33(2)15-19/h4-7,10-11,14-15,20,23H,3,8-9,12H2,1-2H3,(H,31,34)(H,32,35)(H,36,37)/t20?,23-,28-/m0/s1. The van der Waals surface area contributed by atoms with Crippen LogP contribution in [0.5, 0.6) is 0 Å². The SMILES string of the molecule is CCC(C(=O)O)c1ccc(C#N)cc1NC(=O)[C@@H]1C[C@]12CCc1ccc(C(=O)Nc3cnn(C)c3)cc12. The second-order valence-electron chi connectivity index (χ2n) is 9.84. The molecule has 9 heteroatoms. The van der Waals surface area contributed by atoms with Gasteiger partial charge in [0.1, 0.15) is 0 Å². The number of carboxylic acids is 1. The number of benzene rings is 2. The van der Waals surface area contributed by atoms with Crippen LogP contribution in [0.25, 0.3) is 0 Å². The molecule has 2 aliphatic rings. The summed E-state index contributed by atoms with van der Waals surface area (Å²) in [4.78, 5) is 38.1. The first-order valence-electron chi connectivity index (χ1n) is 12.3. The topological polar surface area (TPSA) is 137 Å². The second-order valence-corrected chi connectivity index (χ2v) is 9.84. The van der Waals surface area contributed by atoms with Gasteiger partial charge in [-0.2, -0.15) is 10.4 Å². The Morgan fingerprint density at radius 3 is 2.73 bits per heavy atom. The smallest absolute Gasteiger partial charge is 0.311 e. The third-order valence-electron chi connectivity index (χ3n) is 7.63. The average Bonchev–Trinajstić information content (AvgIpc) is 3.31. The van der Waals surface area contributed by atoms with Crippen LogP contribution in [0.1, 0.15) is 64.7 Å². The Kier molecular flexibility index (Phi) is 6.04. The molecule has 5 rings (SSSR count). The summed E-state index contributed by atoms with van der Waals surface area (Å²) in [6.07, 6.45) is 5.95. The fourth-order valence-electron chi connectivity index (χ4n) is 5.59. The number of hydrogen-bond acceptors (Lipinski definition) is 5. The molecule has 2 aromatic carbocycles. The lowest BCUT2D eigenvalue weighted by Gasteiger charge is -2.18. The molecule has 1 spiro atoms. The Bertz CT molecular complexity index is 1470. The normalized spacial score (nSPS) is 20.1. The lowest BCUT2D eigenvalue weighted by atomic mass is 9.92. The van der Waals surface area contributed by atoms with Crippen molar-refractivity contribution in [2.45, 2.75) is 43.9 Å². The van der Waals surface area contributed by atoms with Crippen molar-refractivity contribution in [1.29, 1.82) is 5.26 Å². The van der Waals surface area contributed by atoms with Crippen LogP contribution < -0.4 is 10.6 Å². The van der Waals surface area contributed by atoms with E-state index in [0.717, 1.165) is 24.0 Å². The van der Waals surface area contributed by atoms with Gasteiger partial charge in [0, 0.05) is 35.8 Å². The number of amides is 2. The summed E-state index contributed by atoms with van der Waals surface area (Å²) in [5.74, 6) is -2.50. The molecule has 2 aliphatic carbocycles. The summed E-state index contributed by atoms with van der Waals surface area (Å²) >= 11 is 0. The van der Waals surface area contributed by atoms with E-state index in [0.29, 0.717) is 40.9 Å². The third-order valence-corrected chi connectivity index (χ3v) is 7.63. The number of aliphatic carboxylic acids is 1. The summed E-state index contributed by atoms with van der Waals surface area (Å²) in [6.45, 7) is 1.77. The molecule has 3 N–H and O–H groups in total. The molecule has 1 saturated carbocycles. The number of aromatic nitrogens is 2. The third kappa shape index (κ3) is 4.35. The van der Waals surface area contributed by atoms with E-state index in [1.165, 1.54) is 6.07 Å². The molecule has 2 amide bonds. The number of fused-ring (bicyclic) bond motifs is 2. The lowest BCUT2D eigenvalue weighted by Crippen LogP contribution is -2.22. The number of carboxylic acid groups (broad SMARTS) is 1. The maximum absolute atomic E-state index is 13.4. The minimum absolute atomic E-state index is 0.199. The number of nitriles is 1. The van der Waals surface area contributed by atoms with Gasteiger partial charge in [-0.1, -0.05) is 19.1 Å². The fraction of sp³-hybridized carbons (Fsp3) is 0.321. The molecule has 1 fully saturated rings. The van der Waals surface area contributed by atoms with Gasteiger partial charge in [-0.3, -0.25) is 19.1 Å². The zero-order valence-electron chi connectivity index (χ0n) is 20.6. The second kappa shape index (κ2) is 9.21.